The molecule has 0 radical (unpaired) electrons. The second-order valence-electron chi connectivity index (χ2n) is 2.93. The summed E-state index contributed by atoms with van der Waals surface area (Å²) in [6.07, 6.45) is 0.516. The third-order valence-corrected chi connectivity index (χ3v) is 1.69. The molecule has 0 aromatic carbocycles. The molecule has 0 amide bonds. The van der Waals surface area contributed by atoms with Crippen LogP contribution in [0.2, 0.25) is 0 Å². The van der Waals surface area contributed by atoms with Crippen molar-refractivity contribution in [1.82, 2.24) is 0 Å². The molecule has 1 aliphatic heterocycles. The van der Waals surface area contributed by atoms with Gasteiger partial charge in [-0.25, -0.2) is 4.79 Å². The highest BCUT2D eigenvalue weighted by molar-refractivity contribution is 5.76. The van der Waals surface area contributed by atoms with E-state index in [0.717, 1.165) is 0 Å². The number of aliphatic hydroxyl groups excluding tert-OH is 1. The maximum Gasteiger partial charge on any atom is 0.365 e. The molecular weight excluding hydrogens is 170 g/mol. The van der Waals surface area contributed by atoms with Gasteiger partial charge in [0.25, 0.3) is 0 Å². The Morgan fingerprint density at radius 2 is 2.45 bits per heavy atom. The molecule has 0 spiro atoms. The highest BCUT2D eigenvalue weighted by Crippen LogP contribution is 2.23. The van der Waals surface area contributed by atoms with E-state index in [2.05, 4.69) is 5.73 Å². The van der Waals surface area contributed by atoms with E-state index in [4.69, 9.17) is 9.84 Å². The molecule has 1 fully saturated rings. The van der Waals surface area contributed by atoms with Gasteiger partial charge >= 0.3 is 5.97 Å². The van der Waals surface area contributed by atoms with Crippen molar-refractivity contribution >= 4 is 5.97 Å². The molecule has 4 nitrogen and oxygen atoms in total. The molecule has 1 saturated heterocycles. The molecule has 0 aromatic heterocycles. The molecule has 0 bridgehead atoms. The quantitative estimate of drug-likeness (QED) is 0.400. The van der Waals surface area contributed by atoms with Gasteiger partial charge in [-0.05, 0) is 6.92 Å². The number of cyclic esters (lactones) is 1. The monoisotopic (exact) mass is 181 g/mol. The first-order valence-electron chi connectivity index (χ1n) is 3.24. The normalized spacial score (nSPS) is 36.3. The lowest BCUT2D eigenvalue weighted by Crippen LogP contribution is -3.00. The van der Waals surface area contributed by atoms with Gasteiger partial charge in [0.15, 0.2) is 6.04 Å². The average molecular weight is 182 g/mol. The van der Waals surface area contributed by atoms with Crippen LogP contribution in [0.5, 0.6) is 0 Å². The minimum atomic E-state index is -0.677. The molecular formula is C6H12ClNO3. The molecule has 0 aliphatic carbocycles. The number of aliphatic hydroxyl groups is 1. The number of carbonyl (C=O) groups is 1. The summed E-state index contributed by atoms with van der Waals surface area (Å²) >= 11 is 0. The van der Waals surface area contributed by atoms with E-state index >= 15 is 0 Å². The maximum atomic E-state index is 10.8. The molecule has 1 heterocycles. The summed E-state index contributed by atoms with van der Waals surface area (Å²) in [5, 5.41) is 8.76. The van der Waals surface area contributed by atoms with Crippen LogP contribution < -0.4 is 18.1 Å². The van der Waals surface area contributed by atoms with Crippen LogP contribution in [-0.2, 0) is 9.53 Å². The van der Waals surface area contributed by atoms with E-state index in [-0.39, 0.29) is 31.0 Å². The summed E-state index contributed by atoms with van der Waals surface area (Å²) in [6.45, 7) is 1.58. The Labute approximate surface area is 71.1 Å². The van der Waals surface area contributed by atoms with Gasteiger partial charge in [-0.15, -0.1) is 0 Å². The molecule has 0 saturated carbocycles. The van der Waals surface area contributed by atoms with E-state index in [1.54, 1.807) is 6.92 Å². The zero-order valence-corrected chi connectivity index (χ0v) is 7.10. The number of rotatable bonds is 1. The van der Waals surface area contributed by atoms with Gasteiger partial charge < -0.3 is 28.0 Å². The Bertz CT molecular complexity index is 164. The fourth-order valence-corrected chi connectivity index (χ4v) is 1.07. The summed E-state index contributed by atoms with van der Waals surface area (Å²) in [5.41, 5.74) is 2.90. The second kappa shape index (κ2) is 3.38. The summed E-state index contributed by atoms with van der Waals surface area (Å²) in [5.74, 6) is -0.309. The van der Waals surface area contributed by atoms with E-state index in [1.165, 1.54) is 0 Å². The van der Waals surface area contributed by atoms with E-state index in [9.17, 15) is 4.79 Å². The van der Waals surface area contributed by atoms with Crippen LogP contribution in [0.1, 0.15) is 13.3 Å². The zero-order chi connectivity index (χ0) is 7.78. The molecule has 11 heavy (non-hydrogen) atoms. The zero-order valence-electron chi connectivity index (χ0n) is 6.34. The Balaban J connectivity index is 0.000001000. The van der Waals surface area contributed by atoms with Gasteiger partial charge in [0.05, 0.1) is 13.0 Å². The smallest absolute Gasteiger partial charge is 0.365 e. The largest absolute Gasteiger partial charge is 1.00 e. The first-order chi connectivity index (χ1) is 4.57. The Morgan fingerprint density at radius 3 is 2.64 bits per heavy atom. The van der Waals surface area contributed by atoms with Gasteiger partial charge in [0.2, 0.25) is 0 Å². The molecule has 2 atom stereocenters. The topological polar surface area (TPSA) is 74.2 Å². The van der Waals surface area contributed by atoms with Crippen LogP contribution in [0.3, 0.4) is 0 Å². The van der Waals surface area contributed by atoms with Crippen LogP contribution in [0.25, 0.3) is 0 Å². The predicted octanol–water partition coefficient (Wildman–Crippen LogP) is -4.70. The summed E-state index contributed by atoms with van der Waals surface area (Å²) in [4.78, 5) is 10.8. The summed E-state index contributed by atoms with van der Waals surface area (Å²) < 4.78 is 4.86. The number of quaternary nitrogens is 1. The van der Waals surface area contributed by atoms with Gasteiger partial charge in [-0.2, -0.15) is 0 Å². The standard InChI is InChI=1S/C6H11NO3.ClH/c1-6(3-8)2-4(7)5(9)10-6;/h4,8H,2-3,7H2,1H3;1H/t4-,6-;/m0./s1. The van der Waals surface area contributed by atoms with E-state index in [1.807, 2.05) is 0 Å². The summed E-state index contributed by atoms with van der Waals surface area (Å²) in [7, 11) is 0. The fraction of sp³-hybridized carbons (Fsp3) is 0.833. The highest BCUT2D eigenvalue weighted by Gasteiger charge is 2.43. The molecule has 1 aliphatic rings. The lowest BCUT2D eigenvalue weighted by Gasteiger charge is -2.17. The number of hydrogen-bond acceptors (Lipinski definition) is 3. The first-order valence-corrected chi connectivity index (χ1v) is 3.24. The van der Waals surface area contributed by atoms with Crippen LogP contribution >= 0.6 is 0 Å². The van der Waals surface area contributed by atoms with Crippen LogP contribution in [0.4, 0.5) is 0 Å². The minimum absolute atomic E-state index is 0. The lowest BCUT2D eigenvalue weighted by atomic mass is 10.0. The van der Waals surface area contributed by atoms with Crippen molar-refractivity contribution in [3.05, 3.63) is 0 Å². The van der Waals surface area contributed by atoms with Gasteiger partial charge in [0, 0.05) is 0 Å². The molecule has 0 aromatic rings. The molecule has 0 unspecified atom stereocenters. The Morgan fingerprint density at radius 1 is 1.91 bits per heavy atom. The van der Waals surface area contributed by atoms with E-state index in [0.29, 0.717) is 6.42 Å². The third-order valence-electron chi connectivity index (χ3n) is 1.69. The first kappa shape index (κ1) is 10.7. The van der Waals surface area contributed by atoms with Crippen molar-refractivity contribution in [3.63, 3.8) is 0 Å². The molecule has 66 valence electrons. The van der Waals surface area contributed by atoms with Crippen molar-refractivity contribution in [2.24, 2.45) is 0 Å². The number of carbonyl (C=O) groups excluding carboxylic acids is 1. The van der Waals surface area contributed by atoms with Gasteiger partial charge in [-0.1, -0.05) is 0 Å². The Kier molecular flexibility index (Phi) is 3.29. The number of ether oxygens (including phenoxy) is 1. The predicted molar refractivity (Wildman–Crippen MR) is 32.9 cm³/mol. The minimum Gasteiger partial charge on any atom is -1.00 e. The number of hydrogen-bond donors (Lipinski definition) is 2. The molecule has 1 rings (SSSR count). The van der Waals surface area contributed by atoms with Crippen LogP contribution in [0, 0.1) is 0 Å². The number of halogens is 1. The van der Waals surface area contributed by atoms with Crippen molar-refractivity contribution in [2.45, 2.75) is 25.0 Å². The third kappa shape index (κ3) is 2.05. The highest BCUT2D eigenvalue weighted by atomic mass is 35.5. The molecule has 5 heteroatoms. The van der Waals surface area contributed by atoms with E-state index < -0.39 is 5.60 Å². The van der Waals surface area contributed by atoms with Crippen LogP contribution in [-0.4, -0.2) is 29.3 Å². The maximum absolute atomic E-state index is 10.8. The number of esters is 1. The van der Waals surface area contributed by atoms with Gasteiger partial charge in [-0.3, -0.25) is 0 Å². The molecule has 4 N–H and O–H groups in total. The average Bonchev–Trinajstić information content (AvgIpc) is 2.10. The van der Waals surface area contributed by atoms with Crippen LogP contribution in [0.15, 0.2) is 0 Å². The lowest BCUT2D eigenvalue weighted by molar-refractivity contribution is -0.402. The van der Waals surface area contributed by atoms with Gasteiger partial charge in [0.1, 0.15) is 5.60 Å². The van der Waals surface area contributed by atoms with Crippen molar-refractivity contribution in [1.29, 1.82) is 0 Å². The van der Waals surface area contributed by atoms with Crippen molar-refractivity contribution < 1.29 is 32.8 Å². The van der Waals surface area contributed by atoms with Crippen molar-refractivity contribution in [2.75, 3.05) is 6.61 Å². The van der Waals surface area contributed by atoms with Crippen molar-refractivity contribution in [3.8, 4) is 0 Å². The summed E-state index contributed by atoms with van der Waals surface area (Å²) in [6, 6.07) is -0.308. The second-order valence-corrected chi connectivity index (χ2v) is 2.93. The fourth-order valence-electron chi connectivity index (χ4n) is 1.07. The Hall–Kier alpha value is -0.320. The SMILES string of the molecule is C[C@@]1(CO)C[C@H]([NH3+])C(=O)O1.[Cl-].